The predicted octanol–water partition coefficient (Wildman–Crippen LogP) is 2.29. The number of nitrogens with one attached hydrogen (secondary N) is 3. The summed E-state index contributed by atoms with van der Waals surface area (Å²) in [6.07, 6.45) is -1.41. The van der Waals surface area contributed by atoms with Crippen molar-refractivity contribution in [1.29, 1.82) is 0 Å². The molecule has 23 heavy (non-hydrogen) atoms. The third kappa shape index (κ3) is 3.33. The maximum Gasteiger partial charge on any atom is 0.405 e. The Labute approximate surface area is 128 Å². The smallest absolute Gasteiger partial charge is 0.359 e. The molecule has 11 heteroatoms. The molecule has 3 rings (SSSR count). The Hall–Kier alpha value is -2.85. The van der Waals surface area contributed by atoms with E-state index in [1.807, 2.05) is 6.92 Å². The van der Waals surface area contributed by atoms with E-state index in [0.29, 0.717) is 17.9 Å². The second kappa shape index (κ2) is 5.74. The number of aryl methyl sites for hydroxylation is 1. The van der Waals surface area contributed by atoms with Gasteiger partial charge in [0.25, 0.3) is 0 Å². The maximum absolute atomic E-state index is 12.4. The van der Waals surface area contributed by atoms with E-state index < -0.39 is 12.7 Å². The molecular formula is C12H13F3N8. The van der Waals surface area contributed by atoms with Crippen molar-refractivity contribution in [2.75, 3.05) is 17.2 Å². The molecule has 0 saturated heterocycles. The van der Waals surface area contributed by atoms with Crippen LogP contribution in [0.2, 0.25) is 0 Å². The Kier molecular flexibility index (Phi) is 3.76. The normalized spacial score (nSPS) is 11.8. The molecule has 0 saturated carbocycles. The van der Waals surface area contributed by atoms with Crippen LogP contribution in [0.3, 0.4) is 0 Å². The Morgan fingerprint density at radius 3 is 2.87 bits per heavy atom. The lowest BCUT2D eigenvalue weighted by Gasteiger charge is -2.11. The van der Waals surface area contributed by atoms with E-state index in [9.17, 15) is 13.2 Å². The van der Waals surface area contributed by atoms with Crippen molar-refractivity contribution in [3.8, 4) is 0 Å². The van der Waals surface area contributed by atoms with Crippen LogP contribution in [0.1, 0.15) is 6.92 Å². The zero-order chi connectivity index (χ0) is 16.4. The Morgan fingerprint density at radius 2 is 2.13 bits per heavy atom. The van der Waals surface area contributed by atoms with Crippen LogP contribution in [0.15, 0.2) is 18.6 Å². The molecule has 3 aromatic heterocycles. The molecule has 122 valence electrons. The number of alkyl halides is 3. The van der Waals surface area contributed by atoms with Crippen LogP contribution in [-0.4, -0.2) is 42.4 Å². The van der Waals surface area contributed by atoms with E-state index in [1.54, 1.807) is 16.9 Å². The molecule has 0 bridgehead atoms. The molecule has 3 heterocycles. The van der Waals surface area contributed by atoms with E-state index in [1.165, 1.54) is 6.33 Å². The summed E-state index contributed by atoms with van der Waals surface area (Å²) in [6, 6.07) is 1.71. The van der Waals surface area contributed by atoms with Gasteiger partial charge in [-0.05, 0) is 6.92 Å². The fourth-order valence-corrected chi connectivity index (χ4v) is 2.01. The van der Waals surface area contributed by atoms with E-state index in [4.69, 9.17) is 0 Å². The summed E-state index contributed by atoms with van der Waals surface area (Å²) < 4.78 is 38.9. The van der Waals surface area contributed by atoms with Crippen LogP contribution >= 0.6 is 0 Å². The quantitative estimate of drug-likeness (QED) is 0.666. The number of fused-ring (bicyclic) bond motifs is 1. The van der Waals surface area contributed by atoms with Crippen LogP contribution < -0.4 is 10.6 Å². The zero-order valence-electron chi connectivity index (χ0n) is 12.0. The molecular weight excluding hydrogens is 313 g/mol. The van der Waals surface area contributed by atoms with E-state index in [-0.39, 0.29) is 17.4 Å². The molecule has 3 N–H and O–H groups in total. The first-order valence-corrected chi connectivity index (χ1v) is 6.77. The predicted molar refractivity (Wildman–Crippen MR) is 77.4 cm³/mol. The van der Waals surface area contributed by atoms with E-state index >= 15 is 0 Å². The van der Waals surface area contributed by atoms with Gasteiger partial charge in [0.2, 0.25) is 5.95 Å². The van der Waals surface area contributed by atoms with Crippen molar-refractivity contribution >= 4 is 28.7 Å². The second-order valence-corrected chi connectivity index (χ2v) is 4.62. The third-order valence-corrected chi connectivity index (χ3v) is 3.00. The Balaban J connectivity index is 1.92. The van der Waals surface area contributed by atoms with Crippen molar-refractivity contribution in [2.45, 2.75) is 19.6 Å². The molecule has 0 amide bonds. The Bertz CT molecular complexity index is 806. The van der Waals surface area contributed by atoms with Gasteiger partial charge in [-0.15, -0.1) is 0 Å². The molecule has 8 nitrogen and oxygen atoms in total. The highest BCUT2D eigenvalue weighted by Crippen LogP contribution is 2.23. The highest BCUT2D eigenvalue weighted by atomic mass is 19.4. The van der Waals surface area contributed by atoms with Crippen molar-refractivity contribution in [3.63, 3.8) is 0 Å². The summed E-state index contributed by atoms with van der Waals surface area (Å²) in [5, 5.41) is 9.27. The van der Waals surface area contributed by atoms with E-state index in [0.717, 1.165) is 0 Å². The van der Waals surface area contributed by atoms with Gasteiger partial charge in [-0.3, -0.25) is 0 Å². The standard InChI is InChI=1S/C12H13F3N8/c1-2-23-7(3-4-19-23)20-11-21-9(16-5-12(13,14)15)8-10(22-11)18-6-17-8/h3-4,6H,2,5H2,1H3,(H3,16,17,18,20,21,22). The summed E-state index contributed by atoms with van der Waals surface area (Å²) >= 11 is 0. The highest BCUT2D eigenvalue weighted by molar-refractivity contribution is 5.84. The van der Waals surface area contributed by atoms with Gasteiger partial charge >= 0.3 is 6.18 Å². The van der Waals surface area contributed by atoms with Gasteiger partial charge in [0, 0.05) is 12.6 Å². The average Bonchev–Trinajstić information content (AvgIpc) is 3.12. The molecule has 0 radical (unpaired) electrons. The SMILES string of the molecule is CCn1nccc1Nc1nc(NCC(F)(F)F)c2[nH]cnc2n1. The molecule has 3 aromatic rings. The molecule has 0 spiro atoms. The monoisotopic (exact) mass is 326 g/mol. The summed E-state index contributed by atoms with van der Waals surface area (Å²) in [7, 11) is 0. The van der Waals surface area contributed by atoms with E-state index in [2.05, 4.69) is 35.7 Å². The van der Waals surface area contributed by atoms with Gasteiger partial charge in [-0.2, -0.15) is 28.2 Å². The van der Waals surface area contributed by atoms with Gasteiger partial charge in [0.1, 0.15) is 17.9 Å². The first-order valence-electron chi connectivity index (χ1n) is 6.77. The number of hydrogen-bond donors (Lipinski definition) is 3. The van der Waals surface area contributed by atoms with Crippen LogP contribution in [0, 0.1) is 0 Å². The van der Waals surface area contributed by atoms with Crippen molar-refractivity contribution in [3.05, 3.63) is 18.6 Å². The second-order valence-electron chi connectivity index (χ2n) is 4.62. The third-order valence-electron chi connectivity index (χ3n) is 3.00. The number of anilines is 3. The Morgan fingerprint density at radius 1 is 1.30 bits per heavy atom. The largest absolute Gasteiger partial charge is 0.405 e. The average molecular weight is 326 g/mol. The number of nitrogens with zero attached hydrogens (tertiary/aromatic N) is 5. The zero-order valence-corrected chi connectivity index (χ0v) is 12.0. The minimum atomic E-state index is -4.36. The molecule has 0 aliphatic rings. The van der Waals surface area contributed by atoms with Crippen LogP contribution in [-0.2, 0) is 6.54 Å². The molecule has 0 fully saturated rings. The van der Waals surface area contributed by atoms with Gasteiger partial charge in [0.15, 0.2) is 11.5 Å². The number of imidazole rings is 1. The molecule has 0 aliphatic carbocycles. The minimum Gasteiger partial charge on any atom is -0.359 e. The van der Waals surface area contributed by atoms with Crippen LogP contribution in [0.5, 0.6) is 0 Å². The first-order chi connectivity index (χ1) is 11.0. The minimum absolute atomic E-state index is 0.0230. The van der Waals surface area contributed by atoms with Crippen molar-refractivity contribution < 1.29 is 13.2 Å². The first kappa shape index (κ1) is 15.1. The van der Waals surface area contributed by atoms with Gasteiger partial charge < -0.3 is 15.6 Å². The fraction of sp³-hybridized carbons (Fsp3) is 0.333. The number of aromatic amines is 1. The topological polar surface area (TPSA) is 96.3 Å². The number of aromatic nitrogens is 6. The van der Waals surface area contributed by atoms with Crippen molar-refractivity contribution in [2.24, 2.45) is 0 Å². The molecule has 0 unspecified atom stereocenters. The highest BCUT2D eigenvalue weighted by Gasteiger charge is 2.27. The maximum atomic E-state index is 12.4. The van der Waals surface area contributed by atoms with Crippen molar-refractivity contribution in [1.82, 2.24) is 29.7 Å². The number of H-pyrrole nitrogens is 1. The number of hydrogen-bond acceptors (Lipinski definition) is 6. The summed E-state index contributed by atoms with van der Waals surface area (Å²) in [6.45, 7) is 1.33. The lowest BCUT2D eigenvalue weighted by atomic mass is 10.4. The summed E-state index contributed by atoms with van der Waals surface area (Å²) in [5.41, 5.74) is 0.568. The number of halogens is 3. The van der Waals surface area contributed by atoms with Gasteiger partial charge in [0.05, 0.1) is 12.5 Å². The fourth-order valence-electron chi connectivity index (χ4n) is 2.01. The van der Waals surface area contributed by atoms with Gasteiger partial charge in [-0.1, -0.05) is 0 Å². The number of rotatable bonds is 5. The lowest BCUT2D eigenvalue weighted by molar-refractivity contribution is -0.115. The van der Waals surface area contributed by atoms with Crippen LogP contribution in [0.25, 0.3) is 11.2 Å². The summed E-state index contributed by atoms with van der Waals surface area (Å²) in [4.78, 5) is 14.9. The van der Waals surface area contributed by atoms with Crippen LogP contribution in [0.4, 0.5) is 30.8 Å². The van der Waals surface area contributed by atoms with Gasteiger partial charge in [-0.25, -0.2) is 9.67 Å². The molecule has 0 aromatic carbocycles. The molecule has 0 atom stereocenters. The lowest BCUT2D eigenvalue weighted by Crippen LogP contribution is -2.22. The molecule has 0 aliphatic heterocycles. The summed E-state index contributed by atoms with van der Waals surface area (Å²) in [5.74, 6) is 0.781.